The van der Waals surface area contributed by atoms with Gasteiger partial charge in [0.1, 0.15) is 5.00 Å². The molecule has 0 unspecified atom stereocenters. The van der Waals surface area contributed by atoms with Crippen molar-refractivity contribution >= 4 is 50.3 Å². The van der Waals surface area contributed by atoms with Crippen LogP contribution >= 0.6 is 11.3 Å². The molecule has 14 heteroatoms. The zero-order valence-corrected chi connectivity index (χ0v) is 23.7. The van der Waals surface area contributed by atoms with Gasteiger partial charge in [-0.1, -0.05) is 13.8 Å². The van der Waals surface area contributed by atoms with Crippen molar-refractivity contribution < 1.29 is 32.3 Å². The van der Waals surface area contributed by atoms with E-state index in [0.29, 0.717) is 42.8 Å². The Bertz CT molecular complexity index is 1330. The van der Waals surface area contributed by atoms with Gasteiger partial charge >= 0.3 is 12.1 Å². The average molecular weight is 580 g/mol. The van der Waals surface area contributed by atoms with Gasteiger partial charge in [-0.3, -0.25) is 14.9 Å². The van der Waals surface area contributed by atoms with Crippen LogP contribution in [-0.4, -0.2) is 67.8 Å². The fraction of sp³-hybridized carbons (Fsp3) is 0.440. The van der Waals surface area contributed by atoms with Gasteiger partial charge in [-0.25, -0.2) is 18.0 Å². The highest BCUT2D eigenvalue weighted by Crippen LogP contribution is 2.37. The second-order valence-corrected chi connectivity index (χ2v) is 11.8. The molecule has 4 N–H and O–H groups in total. The van der Waals surface area contributed by atoms with Crippen molar-refractivity contribution in [3.63, 3.8) is 0 Å². The average Bonchev–Trinajstić information content (AvgIpc) is 3.25. The largest absolute Gasteiger partial charge is 0.450 e. The minimum atomic E-state index is -3.71. The topological polar surface area (TPSA) is 168 Å². The van der Waals surface area contributed by atoms with Crippen LogP contribution < -0.4 is 16.4 Å². The fourth-order valence-corrected chi connectivity index (χ4v) is 7.11. The number of urea groups is 1. The van der Waals surface area contributed by atoms with Gasteiger partial charge < -0.3 is 20.7 Å². The molecule has 0 aliphatic carbocycles. The number of thiophene rings is 1. The van der Waals surface area contributed by atoms with Crippen LogP contribution in [0.5, 0.6) is 0 Å². The third-order valence-corrected chi connectivity index (χ3v) is 9.02. The van der Waals surface area contributed by atoms with Gasteiger partial charge in [0.25, 0.3) is 11.8 Å². The number of fused-ring (bicyclic) bond motifs is 1. The molecular formula is C25H33N5O7S2. The lowest BCUT2D eigenvalue weighted by atomic mass is 10.0. The molecule has 3 rings (SSSR count). The molecule has 1 aromatic carbocycles. The van der Waals surface area contributed by atoms with E-state index in [-0.39, 0.29) is 40.7 Å². The van der Waals surface area contributed by atoms with Crippen molar-refractivity contribution in [1.29, 1.82) is 0 Å². The number of hydrogen-bond donors (Lipinski definition) is 3. The summed E-state index contributed by atoms with van der Waals surface area (Å²) in [4.78, 5) is 51.7. The molecular weight excluding hydrogens is 546 g/mol. The van der Waals surface area contributed by atoms with E-state index in [1.54, 1.807) is 6.92 Å². The maximum atomic E-state index is 13.1. The number of carbonyl (C=O) groups is 4. The van der Waals surface area contributed by atoms with Crippen LogP contribution in [0.4, 0.5) is 14.6 Å². The normalized spacial score (nSPS) is 13.1. The van der Waals surface area contributed by atoms with Crippen LogP contribution in [0.2, 0.25) is 0 Å². The molecule has 12 nitrogen and oxygen atoms in total. The van der Waals surface area contributed by atoms with Crippen LogP contribution in [0.15, 0.2) is 29.2 Å². The van der Waals surface area contributed by atoms with Crippen molar-refractivity contribution in [3.05, 3.63) is 45.8 Å². The molecule has 0 radical (unpaired) electrons. The van der Waals surface area contributed by atoms with E-state index in [0.717, 1.165) is 11.3 Å². The molecule has 1 aliphatic rings. The molecule has 1 aliphatic heterocycles. The number of rotatable bonds is 10. The summed E-state index contributed by atoms with van der Waals surface area (Å²) in [6, 6.07) is 4.51. The Morgan fingerprint density at radius 2 is 1.69 bits per heavy atom. The highest BCUT2D eigenvalue weighted by molar-refractivity contribution is 7.89. The molecule has 0 saturated carbocycles. The highest BCUT2D eigenvalue weighted by Gasteiger charge is 2.31. The second-order valence-electron chi connectivity index (χ2n) is 8.78. The molecule has 39 heavy (non-hydrogen) atoms. The van der Waals surface area contributed by atoms with Gasteiger partial charge in [0.2, 0.25) is 10.0 Å². The molecule has 0 spiro atoms. The predicted octanol–water partition coefficient (Wildman–Crippen LogP) is 3.13. The minimum absolute atomic E-state index is 0.0770. The third-order valence-electron chi connectivity index (χ3n) is 5.97. The summed E-state index contributed by atoms with van der Waals surface area (Å²) < 4.78 is 32.5. The van der Waals surface area contributed by atoms with Gasteiger partial charge in [-0.15, -0.1) is 11.3 Å². The maximum absolute atomic E-state index is 13.1. The summed E-state index contributed by atoms with van der Waals surface area (Å²) in [7, 11) is -3.71. The first-order valence-electron chi connectivity index (χ1n) is 12.6. The van der Waals surface area contributed by atoms with Crippen LogP contribution in [0.1, 0.15) is 64.8 Å². The van der Waals surface area contributed by atoms with Gasteiger partial charge in [-0.2, -0.15) is 4.31 Å². The standard InChI is InChI=1S/C25H33N5O7S2/c1-4-12-30(13-5-2)39(35,36)17-9-7-16(8-10-17)21(31)27-23-20(22(32)28-24(26)33)18-11-14-29(15-19(18)38-23)25(34)37-6-3/h7-10H,4-6,11-15H2,1-3H3,(H,27,31)(H3,26,28,32,33). The summed E-state index contributed by atoms with van der Waals surface area (Å²) >= 11 is 1.10. The Kier molecular flexibility index (Phi) is 10.1. The number of imide groups is 1. The number of amides is 5. The molecule has 0 bridgehead atoms. The van der Waals surface area contributed by atoms with Crippen molar-refractivity contribution in [2.75, 3.05) is 31.6 Å². The highest BCUT2D eigenvalue weighted by atomic mass is 32.2. The van der Waals surface area contributed by atoms with E-state index in [2.05, 4.69) is 5.32 Å². The number of carbonyl (C=O) groups excluding carboxylic acids is 4. The quantitative estimate of drug-likeness (QED) is 0.388. The van der Waals surface area contributed by atoms with E-state index in [9.17, 15) is 27.6 Å². The summed E-state index contributed by atoms with van der Waals surface area (Å²) in [6.07, 6.45) is 1.17. The number of sulfonamides is 1. The van der Waals surface area contributed by atoms with Crippen LogP contribution in [-0.2, 0) is 27.7 Å². The first-order valence-corrected chi connectivity index (χ1v) is 14.9. The van der Waals surface area contributed by atoms with E-state index in [4.69, 9.17) is 10.5 Å². The molecule has 0 saturated heterocycles. The lowest BCUT2D eigenvalue weighted by Gasteiger charge is -2.26. The van der Waals surface area contributed by atoms with Crippen LogP contribution in [0, 0.1) is 0 Å². The molecule has 2 aromatic rings. The number of nitrogens with two attached hydrogens (primary N) is 1. The number of benzene rings is 1. The third kappa shape index (κ3) is 6.94. The number of nitrogens with zero attached hydrogens (tertiary/aromatic N) is 2. The lowest BCUT2D eigenvalue weighted by Crippen LogP contribution is -2.38. The van der Waals surface area contributed by atoms with Crippen molar-refractivity contribution in [2.24, 2.45) is 5.73 Å². The first-order chi connectivity index (χ1) is 18.5. The SMILES string of the molecule is CCCN(CCC)S(=O)(=O)c1ccc(C(=O)Nc2sc3c(c2C(=O)NC(N)=O)CCN(C(=O)OCC)C3)cc1. The zero-order valence-electron chi connectivity index (χ0n) is 22.1. The lowest BCUT2D eigenvalue weighted by molar-refractivity contribution is 0.0965. The smallest absolute Gasteiger partial charge is 0.410 e. The van der Waals surface area contributed by atoms with Gasteiger partial charge in [0.15, 0.2) is 0 Å². The molecule has 1 aromatic heterocycles. The Labute approximate surface area is 231 Å². The van der Waals surface area contributed by atoms with E-state index in [1.165, 1.54) is 33.5 Å². The molecule has 0 atom stereocenters. The summed E-state index contributed by atoms with van der Waals surface area (Å²) in [5, 5.41) is 4.92. The fourth-order valence-electron chi connectivity index (χ4n) is 4.23. The minimum Gasteiger partial charge on any atom is -0.450 e. The van der Waals surface area contributed by atoms with Gasteiger partial charge in [-0.05, 0) is 56.0 Å². The van der Waals surface area contributed by atoms with Crippen molar-refractivity contribution in [2.45, 2.75) is 51.5 Å². The van der Waals surface area contributed by atoms with E-state index < -0.39 is 34.0 Å². The molecule has 5 amide bonds. The predicted molar refractivity (Wildman–Crippen MR) is 146 cm³/mol. The number of primary amides is 1. The Hall–Kier alpha value is -3.49. The molecule has 0 fully saturated rings. The van der Waals surface area contributed by atoms with E-state index >= 15 is 0 Å². The van der Waals surface area contributed by atoms with Gasteiger partial charge in [0, 0.05) is 30.1 Å². The van der Waals surface area contributed by atoms with Gasteiger partial charge in [0.05, 0.1) is 23.6 Å². The maximum Gasteiger partial charge on any atom is 0.410 e. The summed E-state index contributed by atoms with van der Waals surface area (Å²) in [5.41, 5.74) is 6.01. The molecule has 2 heterocycles. The Balaban J connectivity index is 1.88. The summed E-state index contributed by atoms with van der Waals surface area (Å²) in [5.74, 6) is -1.35. The Morgan fingerprint density at radius 1 is 1.05 bits per heavy atom. The number of nitrogens with one attached hydrogen (secondary N) is 2. The number of hydrogen-bond acceptors (Lipinski definition) is 8. The van der Waals surface area contributed by atoms with Crippen LogP contribution in [0.3, 0.4) is 0 Å². The van der Waals surface area contributed by atoms with Crippen LogP contribution in [0.25, 0.3) is 0 Å². The Morgan fingerprint density at radius 3 is 2.26 bits per heavy atom. The molecule has 212 valence electrons. The second kappa shape index (κ2) is 13.0. The van der Waals surface area contributed by atoms with Crippen molar-refractivity contribution in [3.8, 4) is 0 Å². The number of ether oxygens (including phenoxy) is 1. The zero-order chi connectivity index (χ0) is 28.7. The number of anilines is 1. The first kappa shape index (κ1) is 30.1. The summed E-state index contributed by atoms with van der Waals surface area (Å²) in [6.45, 7) is 6.97. The van der Waals surface area contributed by atoms with E-state index in [1.807, 2.05) is 19.2 Å². The van der Waals surface area contributed by atoms with Crippen molar-refractivity contribution in [1.82, 2.24) is 14.5 Å². The monoisotopic (exact) mass is 579 g/mol.